The van der Waals surface area contributed by atoms with Crippen LogP contribution in [-0.2, 0) is 46.1 Å². The highest BCUT2D eigenvalue weighted by Gasteiger charge is 2.39. The van der Waals surface area contributed by atoms with Gasteiger partial charge in [0.15, 0.2) is 6.10 Å². The van der Waals surface area contributed by atoms with E-state index in [1.807, 2.05) is 21.1 Å². The molecule has 0 aliphatic rings. The molecular formula is C44H89N2O11P2+. The third kappa shape index (κ3) is 40.7. The Morgan fingerprint density at radius 1 is 0.593 bits per heavy atom. The van der Waals surface area contributed by atoms with Crippen LogP contribution in [0.25, 0.3) is 0 Å². The monoisotopic (exact) mass is 884 g/mol. The summed E-state index contributed by atoms with van der Waals surface area (Å²) in [6.45, 7) is 3.33. The quantitative estimate of drug-likeness (QED) is 0.0195. The number of hydrogen-bond donors (Lipinski definition) is 2. The van der Waals surface area contributed by atoms with Crippen LogP contribution < -0.4 is 5.73 Å². The Morgan fingerprint density at radius 2 is 1.03 bits per heavy atom. The largest absolute Gasteiger partial charge is 0.483 e. The van der Waals surface area contributed by atoms with E-state index in [0.29, 0.717) is 23.9 Å². The molecule has 0 fully saturated rings. The van der Waals surface area contributed by atoms with Gasteiger partial charge in [-0.05, 0) is 38.5 Å². The van der Waals surface area contributed by atoms with Crippen molar-refractivity contribution in [2.75, 3.05) is 60.7 Å². The molecule has 0 bridgehead atoms. The number of ether oxygens (including phenoxy) is 2. The minimum absolute atomic E-state index is 0.0834. The fourth-order valence-corrected chi connectivity index (χ4v) is 8.89. The molecule has 0 aromatic heterocycles. The van der Waals surface area contributed by atoms with E-state index in [-0.39, 0.29) is 39.2 Å². The van der Waals surface area contributed by atoms with E-state index in [1.54, 1.807) is 0 Å². The van der Waals surface area contributed by atoms with Gasteiger partial charge in [0.05, 0.1) is 34.4 Å². The number of carbonyl (C=O) groups is 2. The van der Waals surface area contributed by atoms with Gasteiger partial charge in [0.1, 0.15) is 19.8 Å². The number of hydrogen-bond acceptors (Lipinski definition) is 11. The van der Waals surface area contributed by atoms with Gasteiger partial charge in [-0.1, -0.05) is 154 Å². The number of carbonyl (C=O) groups excluding carboxylic acids is 2. The van der Waals surface area contributed by atoms with Crippen molar-refractivity contribution in [2.45, 2.75) is 200 Å². The summed E-state index contributed by atoms with van der Waals surface area (Å²) in [4.78, 5) is 35.8. The minimum atomic E-state index is -4.89. The maximum atomic E-state index is 13.5. The highest BCUT2D eigenvalue weighted by molar-refractivity contribution is 7.61. The van der Waals surface area contributed by atoms with Gasteiger partial charge >= 0.3 is 27.6 Å². The van der Waals surface area contributed by atoms with E-state index in [0.717, 1.165) is 57.8 Å². The fraction of sp³-hybridized carbons (Fsp3) is 0.909. The van der Waals surface area contributed by atoms with Gasteiger partial charge in [-0.15, -0.1) is 0 Å². The number of nitrogens with two attached hydrogens (primary N) is 1. The lowest BCUT2D eigenvalue weighted by Gasteiger charge is -2.25. The molecule has 2 unspecified atom stereocenters. The zero-order valence-electron chi connectivity index (χ0n) is 38.2. The first kappa shape index (κ1) is 57.9. The molecule has 3 atom stereocenters. The van der Waals surface area contributed by atoms with Gasteiger partial charge in [-0.2, -0.15) is 4.31 Å². The summed E-state index contributed by atoms with van der Waals surface area (Å²) < 4.78 is 58.1. The van der Waals surface area contributed by atoms with Gasteiger partial charge in [0, 0.05) is 19.4 Å². The van der Waals surface area contributed by atoms with E-state index >= 15 is 0 Å². The van der Waals surface area contributed by atoms with Crippen LogP contribution in [0.4, 0.5) is 0 Å². The van der Waals surface area contributed by atoms with Crippen LogP contribution in [0.15, 0.2) is 12.2 Å². The second-order valence-electron chi connectivity index (χ2n) is 16.9. The van der Waals surface area contributed by atoms with Crippen molar-refractivity contribution in [2.24, 2.45) is 5.73 Å². The van der Waals surface area contributed by atoms with E-state index in [1.165, 1.54) is 96.3 Å². The maximum absolute atomic E-state index is 13.5. The summed E-state index contributed by atoms with van der Waals surface area (Å²) in [6.07, 6.45) is 34.0. The number of nitrogens with zero attached hydrogens (tertiary/aromatic N) is 1. The normalized spacial score (nSPS) is 14.6. The number of quaternary nitrogens is 1. The van der Waals surface area contributed by atoms with Crippen LogP contribution in [0.2, 0.25) is 0 Å². The van der Waals surface area contributed by atoms with Crippen molar-refractivity contribution in [1.29, 1.82) is 0 Å². The number of phosphoric acid groups is 2. The van der Waals surface area contributed by atoms with Gasteiger partial charge in [0.2, 0.25) is 0 Å². The lowest BCUT2D eigenvalue weighted by atomic mass is 10.0. The molecule has 0 aliphatic heterocycles. The van der Waals surface area contributed by atoms with Gasteiger partial charge < -0.3 is 24.6 Å². The number of rotatable bonds is 44. The number of phosphoric ester groups is 2. The highest BCUT2D eigenvalue weighted by Crippen LogP contribution is 2.63. The van der Waals surface area contributed by atoms with Gasteiger partial charge in [0.25, 0.3) is 0 Å². The Hall–Kier alpha value is -1.14. The molecule has 13 nitrogen and oxygen atoms in total. The Kier molecular flexibility index (Phi) is 37.8. The molecule has 0 heterocycles. The average Bonchev–Trinajstić information content (AvgIpc) is 3.17. The van der Waals surface area contributed by atoms with Crippen LogP contribution in [-0.4, -0.2) is 88.1 Å². The summed E-state index contributed by atoms with van der Waals surface area (Å²) in [5, 5.41) is 0. The minimum Gasteiger partial charge on any atom is -0.462 e. The molecule has 0 amide bonds. The lowest BCUT2D eigenvalue weighted by molar-refractivity contribution is -0.870. The van der Waals surface area contributed by atoms with E-state index in [9.17, 15) is 23.6 Å². The molecule has 0 radical (unpaired) electrons. The third-order valence-electron chi connectivity index (χ3n) is 9.86. The molecule has 0 rings (SSSR count). The van der Waals surface area contributed by atoms with E-state index < -0.39 is 40.3 Å². The first-order valence-corrected chi connectivity index (χ1v) is 26.3. The first-order valence-electron chi connectivity index (χ1n) is 23.3. The molecule has 0 saturated heterocycles. The molecule has 59 heavy (non-hydrogen) atoms. The fourth-order valence-electron chi connectivity index (χ4n) is 6.25. The van der Waals surface area contributed by atoms with Crippen LogP contribution in [0.5, 0.6) is 0 Å². The van der Waals surface area contributed by atoms with Crippen LogP contribution in [0, 0.1) is 0 Å². The molecule has 0 aromatic carbocycles. The summed E-state index contributed by atoms with van der Waals surface area (Å²) in [6, 6.07) is 0. The van der Waals surface area contributed by atoms with Crippen molar-refractivity contribution < 1.29 is 55.5 Å². The standard InChI is InChI=1S/C44H88N2O11P2/c1-6-8-10-12-14-16-18-20-21-23-25-27-29-31-33-35-44(48)56-42(40-52-43(47)34-32-30-28-26-24-22-19-17-15-13-11-9-7-2)41-55-59(51,54-38-36-45)57-58(49,50)53-39-37-46(3,4)5/h20-21,42H,6-19,22-41,45H2,1-5H3/p+1/t42-,59?/m1/s1. The van der Waals surface area contributed by atoms with Gasteiger partial charge in [-0.25, -0.2) is 9.13 Å². The number of allylic oxidation sites excluding steroid dienone is 2. The zero-order chi connectivity index (χ0) is 43.9. The van der Waals surface area contributed by atoms with Crippen LogP contribution >= 0.6 is 15.6 Å². The van der Waals surface area contributed by atoms with Crippen molar-refractivity contribution in [3.05, 3.63) is 12.2 Å². The molecule has 15 heteroatoms. The predicted molar refractivity (Wildman–Crippen MR) is 239 cm³/mol. The van der Waals surface area contributed by atoms with Gasteiger partial charge in [-0.3, -0.25) is 23.2 Å². The van der Waals surface area contributed by atoms with E-state index in [4.69, 9.17) is 33.1 Å². The Balaban J connectivity index is 4.92. The predicted octanol–water partition coefficient (Wildman–Crippen LogP) is 11.9. The van der Waals surface area contributed by atoms with Crippen molar-refractivity contribution >= 4 is 27.6 Å². The molecule has 0 spiro atoms. The first-order chi connectivity index (χ1) is 28.3. The van der Waals surface area contributed by atoms with Crippen LogP contribution in [0.3, 0.4) is 0 Å². The number of esters is 2. The summed E-state index contributed by atoms with van der Waals surface area (Å²) >= 11 is 0. The summed E-state index contributed by atoms with van der Waals surface area (Å²) in [7, 11) is -4.02. The Labute approximate surface area is 360 Å². The maximum Gasteiger partial charge on any atom is 0.483 e. The summed E-state index contributed by atoms with van der Waals surface area (Å²) in [5.41, 5.74) is 5.52. The topological polar surface area (TPSA) is 170 Å². The number of likely N-dealkylation sites (N-methyl/N-ethyl adjacent to an activating group) is 1. The smallest absolute Gasteiger partial charge is 0.462 e. The van der Waals surface area contributed by atoms with Crippen LogP contribution in [0.1, 0.15) is 194 Å². The molecule has 350 valence electrons. The second kappa shape index (κ2) is 38.5. The third-order valence-corrected chi connectivity index (χ3v) is 13.0. The molecular weight excluding hydrogens is 794 g/mol. The zero-order valence-corrected chi connectivity index (χ0v) is 40.0. The summed E-state index contributed by atoms with van der Waals surface area (Å²) in [5.74, 6) is -0.977. The van der Waals surface area contributed by atoms with E-state index in [2.05, 4.69) is 26.0 Å². The number of unbranched alkanes of at least 4 members (excludes halogenated alkanes) is 23. The van der Waals surface area contributed by atoms with Crippen molar-refractivity contribution in [3.8, 4) is 0 Å². The van der Waals surface area contributed by atoms with Crippen molar-refractivity contribution in [3.63, 3.8) is 0 Å². The highest BCUT2D eigenvalue weighted by atomic mass is 31.3. The molecule has 0 saturated carbocycles. The average molecular weight is 884 g/mol. The molecule has 0 aromatic rings. The molecule has 0 aliphatic carbocycles. The Morgan fingerprint density at radius 3 is 1.49 bits per heavy atom. The SMILES string of the molecule is CCCCCCCCC=CCCCCCCCC(=O)O[C@H](COC(=O)CCCCCCCCCCCCCCC)COP(=O)(OCCN)OP(=O)(O)OCC[N+](C)(C)C. The molecule has 3 N–H and O–H groups in total. The Bertz CT molecular complexity index is 1140. The second-order valence-corrected chi connectivity index (χ2v) is 20.1. The lowest BCUT2D eigenvalue weighted by Crippen LogP contribution is -2.37. The van der Waals surface area contributed by atoms with Crippen molar-refractivity contribution in [1.82, 2.24) is 0 Å².